The van der Waals surface area contributed by atoms with Crippen molar-refractivity contribution >= 4 is 33.4 Å². The van der Waals surface area contributed by atoms with Gasteiger partial charge >= 0.3 is 0 Å². The van der Waals surface area contributed by atoms with Crippen LogP contribution in [-0.2, 0) is 10.1 Å². The average Bonchev–Trinajstić information content (AvgIpc) is 2.96. The molecule has 32 heavy (non-hydrogen) atoms. The molecule has 2 aliphatic rings. The minimum Gasteiger partial charge on any atom is -0.354 e. The molecule has 2 N–H and O–H groups in total. The van der Waals surface area contributed by atoms with Crippen LogP contribution in [0.2, 0.25) is 0 Å². The summed E-state index contributed by atoms with van der Waals surface area (Å²) >= 11 is 1.81. The summed E-state index contributed by atoms with van der Waals surface area (Å²) in [7, 11) is -4.02. The van der Waals surface area contributed by atoms with Crippen molar-refractivity contribution in [2.75, 3.05) is 26.2 Å². The molecule has 6 nitrogen and oxygen atoms in total. The number of aryl methyl sites for hydroxylation is 1. The molecule has 2 aliphatic heterocycles. The molecule has 0 bridgehead atoms. The predicted molar refractivity (Wildman–Crippen MR) is 129 cm³/mol. The minimum absolute atomic E-state index is 0.0666. The molecule has 1 saturated heterocycles. The van der Waals surface area contributed by atoms with Crippen LogP contribution in [0, 0.1) is 6.92 Å². The standard InChI is InChI=1S/C17H17N3S.C7H8O3S/c1-3-7-15-13(5-1)17(20-11-9-18-10-12-20)19-14-6-2-4-8-16(14)21-15;1-6-2-4-7(5-3-6)11(8,9)10/h1-8,18H,9-12H2;2-5H,1H3,(H,8,9,10). The summed E-state index contributed by atoms with van der Waals surface area (Å²) in [4.78, 5) is 9.86. The first-order chi connectivity index (χ1) is 15.4. The summed E-state index contributed by atoms with van der Waals surface area (Å²) in [5, 5.41) is 3.41. The maximum atomic E-state index is 10.5. The molecule has 5 rings (SSSR count). The second kappa shape index (κ2) is 9.87. The summed E-state index contributed by atoms with van der Waals surface area (Å²) in [5.74, 6) is 1.12. The van der Waals surface area contributed by atoms with E-state index in [0.717, 1.165) is 43.3 Å². The number of fused-ring (bicyclic) bond motifs is 2. The number of amidine groups is 1. The number of nitrogens with one attached hydrogen (secondary N) is 1. The highest BCUT2D eigenvalue weighted by Gasteiger charge is 2.22. The van der Waals surface area contributed by atoms with E-state index in [9.17, 15) is 8.42 Å². The molecular weight excluding hydrogens is 442 g/mol. The van der Waals surface area contributed by atoms with E-state index in [1.54, 1.807) is 12.1 Å². The molecule has 0 saturated carbocycles. The summed E-state index contributed by atoms with van der Waals surface area (Å²) in [6.45, 7) is 5.92. The molecule has 166 valence electrons. The number of rotatable bonds is 1. The van der Waals surface area contributed by atoms with Gasteiger partial charge in [-0.05, 0) is 37.3 Å². The first-order valence-electron chi connectivity index (χ1n) is 10.4. The second-order valence-corrected chi connectivity index (χ2v) is 10.0. The van der Waals surface area contributed by atoms with Gasteiger partial charge in [0.05, 0.1) is 10.6 Å². The Balaban J connectivity index is 0.000000189. The second-order valence-electron chi connectivity index (χ2n) is 7.53. The van der Waals surface area contributed by atoms with Crippen LogP contribution in [0.1, 0.15) is 11.1 Å². The summed E-state index contributed by atoms with van der Waals surface area (Å²) in [5.41, 5.74) is 3.28. The largest absolute Gasteiger partial charge is 0.354 e. The topological polar surface area (TPSA) is 82.0 Å². The average molecular weight is 468 g/mol. The number of para-hydroxylation sites is 1. The van der Waals surface area contributed by atoms with Crippen LogP contribution in [0.25, 0.3) is 0 Å². The van der Waals surface area contributed by atoms with Gasteiger partial charge in [-0.2, -0.15) is 8.42 Å². The highest BCUT2D eigenvalue weighted by Crippen LogP contribution is 2.40. The highest BCUT2D eigenvalue weighted by molar-refractivity contribution is 7.99. The molecule has 0 atom stereocenters. The molecule has 2 heterocycles. The van der Waals surface area contributed by atoms with Crippen LogP contribution in [0.15, 0.2) is 92.5 Å². The normalized spacial score (nSPS) is 15.4. The van der Waals surface area contributed by atoms with Gasteiger partial charge in [-0.1, -0.05) is 59.8 Å². The van der Waals surface area contributed by atoms with E-state index >= 15 is 0 Å². The van der Waals surface area contributed by atoms with Crippen molar-refractivity contribution in [2.45, 2.75) is 21.6 Å². The van der Waals surface area contributed by atoms with Gasteiger partial charge in [-0.25, -0.2) is 4.99 Å². The SMILES string of the molecule is Cc1ccc(S(=O)(=O)O)cc1.c1ccc2c(c1)N=C(N1CCNCC1)c1ccccc1S2. The maximum absolute atomic E-state index is 10.5. The summed E-state index contributed by atoms with van der Waals surface area (Å²) in [6, 6.07) is 23.0. The van der Waals surface area contributed by atoms with E-state index in [1.165, 1.54) is 27.5 Å². The third kappa shape index (κ3) is 5.39. The van der Waals surface area contributed by atoms with Crippen LogP contribution < -0.4 is 5.32 Å². The summed E-state index contributed by atoms with van der Waals surface area (Å²) < 4.78 is 29.6. The van der Waals surface area contributed by atoms with Gasteiger partial charge in [0.1, 0.15) is 5.84 Å². The van der Waals surface area contributed by atoms with Crippen LogP contribution in [0.5, 0.6) is 0 Å². The van der Waals surface area contributed by atoms with Gasteiger partial charge in [0.2, 0.25) is 0 Å². The molecule has 0 aliphatic carbocycles. The van der Waals surface area contributed by atoms with Crippen molar-refractivity contribution in [2.24, 2.45) is 4.99 Å². The van der Waals surface area contributed by atoms with Crippen LogP contribution in [0.4, 0.5) is 5.69 Å². The molecule has 1 fully saturated rings. The van der Waals surface area contributed by atoms with Crippen molar-refractivity contribution in [3.05, 3.63) is 83.9 Å². The lowest BCUT2D eigenvalue weighted by Gasteiger charge is -2.30. The van der Waals surface area contributed by atoms with E-state index < -0.39 is 10.1 Å². The first-order valence-corrected chi connectivity index (χ1v) is 12.6. The van der Waals surface area contributed by atoms with Crippen LogP contribution in [0.3, 0.4) is 0 Å². The van der Waals surface area contributed by atoms with Crippen molar-refractivity contribution < 1.29 is 13.0 Å². The quantitative estimate of drug-likeness (QED) is 0.517. The number of nitrogens with zero attached hydrogens (tertiary/aromatic N) is 2. The van der Waals surface area contributed by atoms with E-state index in [-0.39, 0.29) is 4.90 Å². The molecule has 0 unspecified atom stereocenters. The van der Waals surface area contributed by atoms with Gasteiger partial charge in [0.25, 0.3) is 10.1 Å². The van der Waals surface area contributed by atoms with Gasteiger partial charge in [-0.3, -0.25) is 4.55 Å². The van der Waals surface area contributed by atoms with Gasteiger partial charge < -0.3 is 10.2 Å². The van der Waals surface area contributed by atoms with Crippen molar-refractivity contribution in [1.82, 2.24) is 10.2 Å². The Morgan fingerprint density at radius 3 is 2.22 bits per heavy atom. The molecule has 3 aromatic rings. The lowest BCUT2D eigenvalue weighted by Crippen LogP contribution is -2.46. The van der Waals surface area contributed by atoms with E-state index in [1.807, 2.05) is 18.7 Å². The fourth-order valence-corrected chi connectivity index (χ4v) is 4.99. The van der Waals surface area contributed by atoms with E-state index in [2.05, 4.69) is 58.7 Å². The van der Waals surface area contributed by atoms with E-state index in [4.69, 9.17) is 9.55 Å². The van der Waals surface area contributed by atoms with Crippen LogP contribution in [-0.4, -0.2) is 49.9 Å². The zero-order valence-electron chi connectivity index (χ0n) is 17.7. The van der Waals surface area contributed by atoms with E-state index in [0.29, 0.717) is 0 Å². The third-order valence-electron chi connectivity index (χ3n) is 5.17. The molecule has 0 radical (unpaired) electrons. The van der Waals surface area contributed by atoms with Crippen molar-refractivity contribution in [3.63, 3.8) is 0 Å². The Labute approximate surface area is 193 Å². The number of piperazine rings is 1. The highest BCUT2D eigenvalue weighted by atomic mass is 32.2. The molecule has 8 heteroatoms. The first kappa shape index (κ1) is 22.5. The number of hydrogen-bond acceptors (Lipinski definition) is 6. The van der Waals surface area contributed by atoms with Gasteiger partial charge in [0.15, 0.2) is 0 Å². The Hall–Kier alpha value is -2.65. The molecule has 0 amide bonds. The van der Waals surface area contributed by atoms with Gasteiger partial charge in [0, 0.05) is 41.5 Å². The molecule has 3 aromatic carbocycles. The fourth-order valence-electron chi connectivity index (χ4n) is 3.50. The zero-order valence-corrected chi connectivity index (χ0v) is 19.4. The Bertz CT molecular complexity index is 1220. The fraction of sp³-hybridized carbons (Fsp3) is 0.208. The lowest BCUT2D eigenvalue weighted by atomic mass is 10.1. The monoisotopic (exact) mass is 467 g/mol. The molecular formula is C24H25N3O3S2. The Kier molecular flexibility index (Phi) is 6.95. The van der Waals surface area contributed by atoms with Crippen LogP contribution >= 0.6 is 11.8 Å². The van der Waals surface area contributed by atoms with Gasteiger partial charge in [-0.15, -0.1) is 0 Å². The maximum Gasteiger partial charge on any atom is 0.294 e. The Morgan fingerprint density at radius 2 is 1.53 bits per heavy atom. The zero-order chi connectivity index (χ0) is 22.6. The summed E-state index contributed by atoms with van der Waals surface area (Å²) in [6.07, 6.45) is 0. The Morgan fingerprint density at radius 1 is 0.906 bits per heavy atom. The predicted octanol–water partition coefficient (Wildman–Crippen LogP) is 4.38. The number of hydrogen-bond donors (Lipinski definition) is 2. The smallest absolute Gasteiger partial charge is 0.294 e. The van der Waals surface area contributed by atoms with Crippen molar-refractivity contribution in [3.8, 4) is 0 Å². The molecule has 0 aromatic heterocycles. The van der Waals surface area contributed by atoms with Crippen molar-refractivity contribution in [1.29, 1.82) is 0 Å². The minimum atomic E-state index is -4.02. The third-order valence-corrected chi connectivity index (χ3v) is 7.18. The number of aliphatic imine (C=N–C) groups is 1. The lowest BCUT2D eigenvalue weighted by molar-refractivity contribution is 0.358. The number of benzene rings is 3. The molecule has 0 spiro atoms.